The van der Waals surface area contributed by atoms with E-state index in [1.54, 1.807) is 37.1 Å². The van der Waals surface area contributed by atoms with Gasteiger partial charge >= 0.3 is 0 Å². The highest BCUT2D eigenvalue weighted by Gasteiger charge is 2.20. The van der Waals surface area contributed by atoms with Crippen LogP contribution in [-0.2, 0) is 16.6 Å². The van der Waals surface area contributed by atoms with E-state index in [0.29, 0.717) is 12.3 Å². The highest BCUT2D eigenvalue weighted by molar-refractivity contribution is 7.98. The summed E-state index contributed by atoms with van der Waals surface area (Å²) in [6.45, 7) is 2.53. The van der Waals surface area contributed by atoms with Gasteiger partial charge in [-0.05, 0) is 37.9 Å². The van der Waals surface area contributed by atoms with Gasteiger partial charge in [0.25, 0.3) is 0 Å². The zero-order chi connectivity index (χ0) is 15.9. The summed E-state index contributed by atoms with van der Waals surface area (Å²) in [7, 11) is -0.120. The van der Waals surface area contributed by atoms with Crippen molar-refractivity contribution in [3.05, 3.63) is 23.8 Å². The summed E-state index contributed by atoms with van der Waals surface area (Å²) >= 11 is 1.63. The van der Waals surface area contributed by atoms with Crippen molar-refractivity contribution >= 4 is 21.8 Å². The number of benzene rings is 1. The molecule has 0 radical (unpaired) electrons. The molecule has 0 fully saturated rings. The first-order valence-corrected chi connectivity index (χ1v) is 9.69. The molecule has 1 atom stereocenters. The number of hydrogen-bond acceptors (Lipinski definition) is 5. The molecule has 1 rings (SSSR count). The van der Waals surface area contributed by atoms with Crippen molar-refractivity contribution in [2.75, 3.05) is 26.2 Å². The number of rotatable bonds is 9. The fraction of sp³-hybridized carbons (Fsp3) is 0.571. The van der Waals surface area contributed by atoms with Crippen LogP contribution >= 0.6 is 11.8 Å². The van der Waals surface area contributed by atoms with Gasteiger partial charge in [0.05, 0.1) is 12.0 Å². The molecule has 0 aliphatic carbocycles. The Kier molecular flexibility index (Phi) is 7.51. The first-order valence-electron chi connectivity index (χ1n) is 6.81. The van der Waals surface area contributed by atoms with Gasteiger partial charge in [-0.25, -0.2) is 13.1 Å². The topological polar surface area (TPSA) is 67.4 Å². The van der Waals surface area contributed by atoms with Gasteiger partial charge in [0, 0.05) is 23.9 Å². The monoisotopic (exact) mass is 332 g/mol. The Labute approximate surface area is 131 Å². The molecular weight excluding hydrogens is 308 g/mol. The number of sulfonamides is 1. The minimum Gasteiger partial charge on any atom is -0.496 e. The smallest absolute Gasteiger partial charge is 0.240 e. The van der Waals surface area contributed by atoms with E-state index >= 15 is 0 Å². The van der Waals surface area contributed by atoms with Gasteiger partial charge < -0.3 is 10.1 Å². The molecule has 21 heavy (non-hydrogen) atoms. The summed E-state index contributed by atoms with van der Waals surface area (Å²) in [6, 6.07) is 4.87. The van der Waals surface area contributed by atoms with Gasteiger partial charge in [-0.15, -0.1) is 0 Å². The molecule has 0 saturated heterocycles. The van der Waals surface area contributed by atoms with Crippen molar-refractivity contribution < 1.29 is 13.2 Å². The lowest BCUT2D eigenvalue weighted by molar-refractivity contribution is 0.408. The van der Waals surface area contributed by atoms with Gasteiger partial charge in [0.15, 0.2) is 0 Å². The van der Waals surface area contributed by atoms with Crippen molar-refractivity contribution in [3.8, 4) is 5.75 Å². The minimum atomic E-state index is -3.51. The molecule has 0 saturated carbocycles. The van der Waals surface area contributed by atoms with E-state index in [0.717, 1.165) is 17.7 Å². The number of nitrogens with one attached hydrogen (secondary N) is 2. The lowest BCUT2D eigenvalue weighted by Gasteiger charge is -2.17. The second kappa shape index (κ2) is 8.63. The Hall–Kier alpha value is -0.760. The van der Waals surface area contributed by atoms with Crippen LogP contribution in [0.2, 0.25) is 0 Å². The fourth-order valence-electron chi connectivity index (χ4n) is 1.97. The van der Waals surface area contributed by atoms with Crippen LogP contribution in [0, 0.1) is 0 Å². The lowest BCUT2D eigenvalue weighted by atomic mass is 10.2. The lowest BCUT2D eigenvalue weighted by Crippen LogP contribution is -2.36. The highest BCUT2D eigenvalue weighted by Crippen LogP contribution is 2.22. The van der Waals surface area contributed by atoms with Crippen LogP contribution in [0.5, 0.6) is 5.75 Å². The molecule has 120 valence electrons. The van der Waals surface area contributed by atoms with Gasteiger partial charge in [-0.3, -0.25) is 0 Å². The Morgan fingerprint density at radius 1 is 1.38 bits per heavy atom. The largest absolute Gasteiger partial charge is 0.496 e. The molecule has 1 unspecified atom stereocenters. The Morgan fingerprint density at radius 2 is 2.10 bits per heavy atom. The Balaban J connectivity index is 3.04. The van der Waals surface area contributed by atoms with Crippen LogP contribution in [0.3, 0.4) is 0 Å². The fourth-order valence-corrected chi connectivity index (χ4v) is 4.17. The third kappa shape index (κ3) is 5.18. The highest BCUT2D eigenvalue weighted by atomic mass is 32.2. The van der Waals surface area contributed by atoms with Crippen LogP contribution in [0.15, 0.2) is 23.1 Å². The normalized spacial score (nSPS) is 13.1. The van der Waals surface area contributed by atoms with E-state index in [-0.39, 0.29) is 10.9 Å². The zero-order valence-electron chi connectivity index (χ0n) is 13.0. The molecule has 0 amide bonds. The maximum Gasteiger partial charge on any atom is 0.240 e. The number of ether oxygens (including phenoxy) is 1. The standard InChI is InChI=1S/C14H24N2O3S2/c1-5-12(10-20-4)16-21(17,18)13-6-7-14(19-3)11(8-13)9-15-2/h6-8,12,15-16H,5,9-10H2,1-4H3. The Morgan fingerprint density at radius 3 is 2.62 bits per heavy atom. The average Bonchev–Trinajstić information content (AvgIpc) is 2.46. The van der Waals surface area contributed by atoms with Gasteiger partial charge in [-0.1, -0.05) is 6.92 Å². The van der Waals surface area contributed by atoms with Crippen LogP contribution in [0.25, 0.3) is 0 Å². The first kappa shape index (κ1) is 18.3. The molecule has 2 N–H and O–H groups in total. The van der Waals surface area contributed by atoms with Crippen LogP contribution in [0.4, 0.5) is 0 Å². The molecule has 0 aliphatic rings. The summed E-state index contributed by atoms with van der Waals surface area (Å²) in [5.74, 6) is 1.44. The Bertz CT molecular complexity index is 547. The van der Waals surface area contributed by atoms with Gasteiger partial charge in [0.2, 0.25) is 10.0 Å². The molecule has 0 aliphatic heterocycles. The predicted molar refractivity (Wildman–Crippen MR) is 88.5 cm³/mol. The molecule has 7 heteroatoms. The molecule has 1 aromatic carbocycles. The van der Waals surface area contributed by atoms with Gasteiger partial charge in [0.1, 0.15) is 5.75 Å². The van der Waals surface area contributed by atoms with E-state index in [1.165, 1.54) is 0 Å². The predicted octanol–water partition coefficient (Wildman–Crippen LogP) is 1.83. The van der Waals surface area contributed by atoms with Crippen LogP contribution < -0.4 is 14.8 Å². The molecular formula is C14H24N2O3S2. The molecule has 0 aromatic heterocycles. The molecule has 5 nitrogen and oxygen atoms in total. The van der Waals surface area contributed by atoms with Crippen molar-refractivity contribution in [1.82, 2.24) is 10.0 Å². The van der Waals surface area contributed by atoms with E-state index in [9.17, 15) is 8.42 Å². The van der Waals surface area contributed by atoms with E-state index < -0.39 is 10.0 Å². The van der Waals surface area contributed by atoms with Gasteiger partial charge in [-0.2, -0.15) is 11.8 Å². The summed E-state index contributed by atoms with van der Waals surface area (Å²) in [4.78, 5) is 0.271. The van der Waals surface area contributed by atoms with Crippen molar-refractivity contribution in [2.45, 2.75) is 30.8 Å². The van der Waals surface area contributed by atoms with E-state index in [2.05, 4.69) is 10.0 Å². The summed E-state index contributed by atoms with van der Waals surface area (Å²) in [6.07, 6.45) is 2.73. The molecule has 0 bridgehead atoms. The van der Waals surface area contributed by atoms with Crippen molar-refractivity contribution in [1.29, 1.82) is 0 Å². The van der Waals surface area contributed by atoms with Crippen molar-refractivity contribution in [2.24, 2.45) is 0 Å². The maximum absolute atomic E-state index is 12.5. The number of thioether (sulfide) groups is 1. The third-order valence-electron chi connectivity index (χ3n) is 3.11. The second-order valence-electron chi connectivity index (χ2n) is 4.69. The quantitative estimate of drug-likeness (QED) is 0.722. The zero-order valence-corrected chi connectivity index (χ0v) is 14.6. The maximum atomic E-state index is 12.5. The minimum absolute atomic E-state index is 0.0557. The molecule has 0 heterocycles. The summed E-state index contributed by atoms with van der Waals surface area (Å²) < 4.78 is 32.9. The average molecular weight is 332 g/mol. The first-order chi connectivity index (χ1) is 9.98. The summed E-state index contributed by atoms with van der Waals surface area (Å²) in [5.41, 5.74) is 0.820. The number of methoxy groups -OCH3 is 1. The molecule has 0 spiro atoms. The number of hydrogen-bond donors (Lipinski definition) is 2. The second-order valence-corrected chi connectivity index (χ2v) is 7.31. The van der Waals surface area contributed by atoms with E-state index in [1.807, 2.05) is 20.2 Å². The summed E-state index contributed by atoms with van der Waals surface area (Å²) in [5, 5.41) is 3.01. The van der Waals surface area contributed by atoms with Crippen molar-refractivity contribution in [3.63, 3.8) is 0 Å². The molecule has 1 aromatic rings. The van der Waals surface area contributed by atoms with E-state index in [4.69, 9.17) is 4.74 Å². The SMILES string of the molecule is CCC(CSC)NS(=O)(=O)c1ccc(OC)c(CNC)c1. The third-order valence-corrected chi connectivity index (χ3v) is 5.37. The van der Waals surface area contributed by atoms with Crippen LogP contribution in [-0.4, -0.2) is 40.6 Å². The van der Waals surface area contributed by atoms with Crippen LogP contribution in [0.1, 0.15) is 18.9 Å².